The van der Waals surface area contributed by atoms with Crippen LogP contribution >= 0.6 is 15.9 Å². The van der Waals surface area contributed by atoms with E-state index in [0.29, 0.717) is 17.7 Å². The molecule has 4 rings (SSSR count). The van der Waals surface area contributed by atoms with Gasteiger partial charge in [0.1, 0.15) is 0 Å². The van der Waals surface area contributed by atoms with Gasteiger partial charge in [-0.25, -0.2) is 0 Å². The minimum atomic E-state index is -0.831. The van der Waals surface area contributed by atoms with E-state index in [1.54, 1.807) is 0 Å². The van der Waals surface area contributed by atoms with Gasteiger partial charge < -0.3 is 21.5 Å². The molecule has 1 aliphatic heterocycles. The topological polar surface area (TPSA) is 104 Å². The maximum absolute atomic E-state index is 13.1. The first kappa shape index (κ1) is 23.7. The molecule has 1 amide bonds. The second kappa shape index (κ2) is 9.44. The molecule has 0 saturated heterocycles. The molecule has 3 aromatic carbocycles. The van der Waals surface area contributed by atoms with Crippen molar-refractivity contribution in [2.24, 2.45) is 5.73 Å². The zero-order chi connectivity index (χ0) is 24.5. The summed E-state index contributed by atoms with van der Waals surface area (Å²) in [5.41, 5.74) is 12.1. The van der Waals surface area contributed by atoms with Crippen molar-refractivity contribution < 1.29 is 14.7 Å². The summed E-state index contributed by atoms with van der Waals surface area (Å²) >= 11 is 3.46. The van der Waals surface area contributed by atoms with Crippen molar-refractivity contribution in [3.63, 3.8) is 0 Å². The number of anilines is 2. The number of nitrogens with one attached hydrogen (secondary N) is 2. The number of benzene rings is 3. The van der Waals surface area contributed by atoms with Gasteiger partial charge in [-0.15, -0.1) is 0 Å². The summed E-state index contributed by atoms with van der Waals surface area (Å²) in [4.78, 5) is 24.0. The largest absolute Gasteiger partial charge is 0.481 e. The van der Waals surface area contributed by atoms with Crippen LogP contribution in [0.15, 0.2) is 71.2 Å². The van der Waals surface area contributed by atoms with Crippen LogP contribution in [-0.4, -0.2) is 17.0 Å². The van der Waals surface area contributed by atoms with Crippen LogP contribution in [0.25, 0.3) is 11.3 Å². The Balaban J connectivity index is 1.77. The molecule has 1 aliphatic rings. The van der Waals surface area contributed by atoms with Crippen LogP contribution in [0.2, 0.25) is 0 Å². The lowest BCUT2D eigenvalue weighted by Crippen LogP contribution is -2.28. The molecule has 7 heteroatoms. The first-order chi connectivity index (χ1) is 16.1. The fourth-order valence-electron chi connectivity index (χ4n) is 3.89. The lowest BCUT2D eigenvalue weighted by atomic mass is 9.95. The molecule has 0 bridgehead atoms. The summed E-state index contributed by atoms with van der Waals surface area (Å²) in [5, 5.41) is 15.4. The SMILES string of the molecule is CC(C)(N)c1ccc(N/C(=C2\C(=O)Nc3cc(Br)ccc32)c2ccc(CCC(=O)O)cc2)cc1. The number of aryl methyl sites for hydroxylation is 1. The highest BCUT2D eigenvalue weighted by Gasteiger charge is 2.28. The molecule has 3 aromatic rings. The molecule has 34 heavy (non-hydrogen) atoms. The van der Waals surface area contributed by atoms with Crippen LogP contribution in [0.3, 0.4) is 0 Å². The first-order valence-electron chi connectivity index (χ1n) is 10.9. The van der Waals surface area contributed by atoms with Crippen LogP contribution in [0.1, 0.15) is 42.5 Å². The van der Waals surface area contributed by atoms with E-state index in [1.807, 2.05) is 80.6 Å². The summed E-state index contributed by atoms with van der Waals surface area (Å²) in [6.45, 7) is 3.90. The van der Waals surface area contributed by atoms with Gasteiger partial charge in [0.05, 0.1) is 17.0 Å². The Morgan fingerprint density at radius 3 is 2.35 bits per heavy atom. The lowest BCUT2D eigenvalue weighted by molar-refractivity contribution is -0.137. The number of halogens is 1. The van der Waals surface area contributed by atoms with E-state index < -0.39 is 11.5 Å². The molecule has 0 spiro atoms. The van der Waals surface area contributed by atoms with E-state index in [1.165, 1.54) is 0 Å². The number of fused-ring (bicyclic) bond motifs is 1. The fourth-order valence-corrected chi connectivity index (χ4v) is 4.25. The Labute approximate surface area is 207 Å². The molecular weight excluding hydrogens is 494 g/mol. The Morgan fingerprint density at radius 2 is 1.74 bits per heavy atom. The zero-order valence-corrected chi connectivity index (χ0v) is 20.6. The fraction of sp³-hybridized carbons (Fsp3) is 0.185. The third-order valence-electron chi connectivity index (χ3n) is 5.74. The average Bonchev–Trinajstić information content (AvgIpc) is 3.10. The van der Waals surface area contributed by atoms with Crippen molar-refractivity contribution in [3.05, 3.63) is 93.5 Å². The van der Waals surface area contributed by atoms with Crippen LogP contribution in [-0.2, 0) is 21.5 Å². The summed E-state index contributed by atoms with van der Waals surface area (Å²) in [5.74, 6) is -1.02. The quantitative estimate of drug-likeness (QED) is 0.304. The predicted molar refractivity (Wildman–Crippen MR) is 139 cm³/mol. The van der Waals surface area contributed by atoms with Crippen LogP contribution in [0.5, 0.6) is 0 Å². The highest BCUT2D eigenvalue weighted by molar-refractivity contribution is 9.10. The Hall–Kier alpha value is -3.42. The highest BCUT2D eigenvalue weighted by Crippen LogP contribution is 2.39. The van der Waals surface area contributed by atoms with E-state index in [-0.39, 0.29) is 12.3 Å². The van der Waals surface area contributed by atoms with E-state index in [0.717, 1.165) is 38.1 Å². The van der Waals surface area contributed by atoms with Crippen LogP contribution in [0.4, 0.5) is 11.4 Å². The Bertz CT molecular complexity index is 1270. The Morgan fingerprint density at radius 1 is 1.06 bits per heavy atom. The zero-order valence-electron chi connectivity index (χ0n) is 19.0. The van der Waals surface area contributed by atoms with Crippen molar-refractivity contribution in [2.45, 2.75) is 32.2 Å². The molecule has 0 radical (unpaired) electrons. The molecule has 0 saturated carbocycles. The number of aliphatic carboxylic acids is 1. The molecule has 0 fully saturated rings. The monoisotopic (exact) mass is 519 g/mol. The summed E-state index contributed by atoms with van der Waals surface area (Å²) in [7, 11) is 0. The third-order valence-corrected chi connectivity index (χ3v) is 6.24. The standard InChI is InChI=1S/C27H26BrN3O3/c1-27(2,29)18-8-11-20(12-9-18)30-25(17-6-3-16(4-7-17)5-14-23(32)33)24-21-13-10-19(28)15-22(21)31-26(24)34/h3-4,6-13,15,30H,5,14,29H2,1-2H3,(H,31,34)(H,32,33)/b25-24-. The minimum Gasteiger partial charge on any atom is -0.481 e. The number of nitrogens with two attached hydrogens (primary N) is 1. The van der Waals surface area contributed by atoms with E-state index in [2.05, 4.69) is 26.6 Å². The number of hydrogen-bond acceptors (Lipinski definition) is 4. The second-order valence-electron chi connectivity index (χ2n) is 8.91. The minimum absolute atomic E-state index is 0.0695. The smallest absolute Gasteiger partial charge is 0.303 e. The van der Waals surface area contributed by atoms with Gasteiger partial charge in [0.25, 0.3) is 5.91 Å². The van der Waals surface area contributed by atoms with Gasteiger partial charge in [-0.2, -0.15) is 0 Å². The van der Waals surface area contributed by atoms with Gasteiger partial charge >= 0.3 is 5.97 Å². The molecular formula is C27H26BrN3O3. The molecule has 5 N–H and O–H groups in total. The number of amides is 1. The summed E-state index contributed by atoms with van der Waals surface area (Å²) < 4.78 is 0.880. The number of rotatable bonds is 7. The van der Waals surface area contributed by atoms with Gasteiger partial charge in [0.15, 0.2) is 0 Å². The molecule has 0 aromatic heterocycles. The van der Waals surface area contributed by atoms with Gasteiger partial charge in [-0.3, -0.25) is 9.59 Å². The first-order valence-corrected chi connectivity index (χ1v) is 11.7. The van der Waals surface area contributed by atoms with Crippen LogP contribution in [0, 0.1) is 0 Å². The number of carboxylic acid groups (broad SMARTS) is 1. The normalized spacial score (nSPS) is 14.4. The van der Waals surface area contributed by atoms with Crippen molar-refractivity contribution >= 4 is 50.5 Å². The van der Waals surface area contributed by atoms with Gasteiger partial charge in [-0.05, 0) is 61.2 Å². The second-order valence-corrected chi connectivity index (χ2v) is 9.82. The maximum Gasteiger partial charge on any atom is 0.303 e. The van der Waals surface area contributed by atoms with E-state index >= 15 is 0 Å². The molecule has 6 nitrogen and oxygen atoms in total. The molecule has 0 aliphatic carbocycles. The molecule has 174 valence electrons. The summed E-state index contributed by atoms with van der Waals surface area (Å²) in [6, 6.07) is 21.2. The number of carbonyl (C=O) groups excluding carboxylic acids is 1. The summed E-state index contributed by atoms with van der Waals surface area (Å²) in [6.07, 6.45) is 0.517. The highest BCUT2D eigenvalue weighted by atomic mass is 79.9. The lowest BCUT2D eigenvalue weighted by Gasteiger charge is -2.20. The third kappa shape index (κ3) is 5.21. The van der Waals surface area contributed by atoms with Gasteiger partial charge in [-0.1, -0.05) is 58.4 Å². The molecule has 0 atom stereocenters. The van der Waals surface area contributed by atoms with Crippen LogP contribution < -0.4 is 16.4 Å². The number of carboxylic acids is 1. The van der Waals surface area contributed by atoms with Crippen molar-refractivity contribution in [1.29, 1.82) is 0 Å². The molecule has 1 heterocycles. The maximum atomic E-state index is 13.1. The van der Waals surface area contributed by atoms with Crippen molar-refractivity contribution in [1.82, 2.24) is 0 Å². The molecule has 0 unspecified atom stereocenters. The Kier molecular flexibility index (Phi) is 6.59. The average molecular weight is 520 g/mol. The predicted octanol–water partition coefficient (Wildman–Crippen LogP) is 5.59. The number of hydrogen-bond donors (Lipinski definition) is 4. The van der Waals surface area contributed by atoms with Crippen molar-refractivity contribution in [2.75, 3.05) is 10.6 Å². The van der Waals surface area contributed by atoms with Gasteiger partial charge in [0.2, 0.25) is 0 Å². The number of carbonyl (C=O) groups is 2. The van der Waals surface area contributed by atoms with Gasteiger partial charge in [0, 0.05) is 27.7 Å². The van der Waals surface area contributed by atoms with E-state index in [9.17, 15) is 9.59 Å². The van der Waals surface area contributed by atoms with Crippen molar-refractivity contribution in [3.8, 4) is 0 Å². The van der Waals surface area contributed by atoms with E-state index in [4.69, 9.17) is 10.8 Å².